The number of anilines is 2. The van der Waals surface area contributed by atoms with Crippen molar-refractivity contribution in [3.8, 4) is 11.1 Å². The van der Waals surface area contributed by atoms with Gasteiger partial charge in [-0.25, -0.2) is 19.9 Å². The molecule has 0 amide bonds. The fourth-order valence-corrected chi connectivity index (χ4v) is 2.65. The molecule has 3 N–H and O–H groups in total. The highest BCUT2D eigenvalue weighted by Crippen LogP contribution is 2.26. The molecular weight excluding hydrogens is 312 g/mol. The first-order chi connectivity index (χ1) is 12.3. The second-order valence-electron chi connectivity index (χ2n) is 5.62. The van der Waals surface area contributed by atoms with E-state index in [0.29, 0.717) is 6.54 Å². The van der Waals surface area contributed by atoms with Gasteiger partial charge in [0.1, 0.15) is 12.1 Å². The van der Waals surface area contributed by atoms with Gasteiger partial charge in [-0.15, -0.1) is 0 Å². The Labute approximate surface area is 144 Å². The molecule has 6 nitrogen and oxygen atoms in total. The summed E-state index contributed by atoms with van der Waals surface area (Å²) in [4.78, 5) is 16.8. The summed E-state index contributed by atoms with van der Waals surface area (Å²) in [6.07, 6.45) is 5.00. The standard InChI is InChI=1S/C19H16N6/c20-19-22-10-15(11-23-19)14-6-7-17-16(8-14)18(25-12-24-17)21-9-13-4-2-1-3-5-13/h1-8,10-12H,9H2,(H2,20,22,23)(H,21,24,25). The number of rotatable bonds is 4. The van der Waals surface area contributed by atoms with E-state index in [1.807, 2.05) is 36.4 Å². The molecule has 25 heavy (non-hydrogen) atoms. The van der Waals surface area contributed by atoms with Crippen molar-refractivity contribution in [3.63, 3.8) is 0 Å². The molecule has 2 aromatic carbocycles. The predicted octanol–water partition coefficient (Wildman–Crippen LogP) is 3.28. The summed E-state index contributed by atoms with van der Waals surface area (Å²) in [6.45, 7) is 0.697. The fraction of sp³-hybridized carbons (Fsp3) is 0.0526. The maximum atomic E-state index is 5.56. The molecule has 2 heterocycles. The minimum absolute atomic E-state index is 0.262. The zero-order valence-electron chi connectivity index (χ0n) is 13.4. The number of nitrogen functional groups attached to an aromatic ring is 1. The van der Waals surface area contributed by atoms with Crippen LogP contribution in [0.25, 0.3) is 22.0 Å². The quantitative estimate of drug-likeness (QED) is 0.597. The Hall–Kier alpha value is -3.54. The number of fused-ring (bicyclic) bond motifs is 1. The number of aromatic nitrogens is 4. The Kier molecular flexibility index (Phi) is 3.92. The van der Waals surface area contributed by atoms with Gasteiger partial charge in [0.15, 0.2) is 0 Å². The molecule has 4 rings (SSSR count). The lowest BCUT2D eigenvalue weighted by Crippen LogP contribution is -2.02. The van der Waals surface area contributed by atoms with Crippen molar-refractivity contribution in [2.75, 3.05) is 11.1 Å². The predicted molar refractivity (Wildman–Crippen MR) is 98.7 cm³/mol. The van der Waals surface area contributed by atoms with E-state index in [-0.39, 0.29) is 5.95 Å². The highest BCUT2D eigenvalue weighted by Gasteiger charge is 2.07. The van der Waals surface area contributed by atoms with E-state index in [9.17, 15) is 0 Å². The average molecular weight is 328 g/mol. The SMILES string of the molecule is Nc1ncc(-c2ccc3ncnc(NCc4ccccc4)c3c2)cn1. The normalized spacial score (nSPS) is 10.7. The van der Waals surface area contributed by atoms with Crippen LogP contribution >= 0.6 is 0 Å². The van der Waals surface area contributed by atoms with Crippen LogP contribution in [0, 0.1) is 0 Å². The average Bonchev–Trinajstić information content (AvgIpc) is 2.67. The molecule has 0 bridgehead atoms. The first kappa shape index (κ1) is 15.0. The summed E-state index contributed by atoms with van der Waals surface area (Å²) < 4.78 is 0. The molecule has 122 valence electrons. The van der Waals surface area contributed by atoms with E-state index in [2.05, 4.69) is 37.4 Å². The summed E-state index contributed by atoms with van der Waals surface area (Å²) in [5.74, 6) is 1.06. The Morgan fingerprint density at radius 3 is 2.44 bits per heavy atom. The van der Waals surface area contributed by atoms with Crippen molar-refractivity contribution < 1.29 is 0 Å². The minimum atomic E-state index is 0.262. The Morgan fingerprint density at radius 1 is 0.840 bits per heavy atom. The second-order valence-corrected chi connectivity index (χ2v) is 5.62. The van der Waals surface area contributed by atoms with E-state index in [4.69, 9.17) is 5.73 Å². The largest absolute Gasteiger partial charge is 0.368 e. The van der Waals surface area contributed by atoms with Crippen LogP contribution in [0.4, 0.5) is 11.8 Å². The first-order valence-corrected chi connectivity index (χ1v) is 7.90. The topological polar surface area (TPSA) is 89.6 Å². The van der Waals surface area contributed by atoms with Gasteiger partial charge >= 0.3 is 0 Å². The second kappa shape index (κ2) is 6.52. The van der Waals surface area contributed by atoms with Gasteiger partial charge in [0.25, 0.3) is 0 Å². The number of hydrogen-bond acceptors (Lipinski definition) is 6. The highest BCUT2D eigenvalue weighted by molar-refractivity contribution is 5.92. The first-order valence-electron chi connectivity index (χ1n) is 7.90. The van der Waals surface area contributed by atoms with Crippen LogP contribution in [0.15, 0.2) is 67.3 Å². The maximum absolute atomic E-state index is 5.56. The monoisotopic (exact) mass is 328 g/mol. The summed E-state index contributed by atoms with van der Waals surface area (Å²) in [7, 11) is 0. The van der Waals surface area contributed by atoms with Crippen LogP contribution in [0.3, 0.4) is 0 Å². The van der Waals surface area contributed by atoms with E-state index in [1.54, 1.807) is 18.7 Å². The lowest BCUT2D eigenvalue weighted by atomic mass is 10.1. The van der Waals surface area contributed by atoms with Crippen LogP contribution in [0.1, 0.15) is 5.56 Å². The van der Waals surface area contributed by atoms with Crippen molar-refractivity contribution in [2.45, 2.75) is 6.54 Å². The van der Waals surface area contributed by atoms with Crippen LogP contribution in [0.2, 0.25) is 0 Å². The third-order valence-electron chi connectivity index (χ3n) is 3.94. The van der Waals surface area contributed by atoms with E-state index < -0.39 is 0 Å². The molecule has 0 aliphatic heterocycles. The number of nitrogens with zero attached hydrogens (tertiary/aromatic N) is 4. The van der Waals surface area contributed by atoms with Crippen molar-refractivity contribution >= 4 is 22.7 Å². The van der Waals surface area contributed by atoms with Crippen LogP contribution in [-0.2, 0) is 6.54 Å². The van der Waals surface area contributed by atoms with Gasteiger partial charge in [-0.2, -0.15) is 0 Å². The molecule has 6 heteroatoms. The number of nitrogens with two attached hydrogens (primary N) is 1. The van der Waals surface area contributed by atoms with Crippen molar-refractivity contribution in [1.82, 2.24) is 19.9 Å². The molecule has 0 fully saturated rings. The third kappa shape index (κ3) is 3.23. The molecule has 0 saturated heterocycles. The molecule has 0 radical (unpaired) electrons. The minimum Gasteiger partial charge on any atom is -0.368 e. The molecule has 0 spiro atoms. The van der Waals surface area contributed by atoms with Crippen molar-refractivity contribution in [3.05, 3.63) is 72.8 Å². The molecule has 0 unspecified atom stereocenters. The lowest BCUT2D eigenvalue weighted by molar-refractivity contribution is 1.10. The van der Waals surface area contributed by atoms with Gasteiger partial charge in [0.2, 0.25) is 5.95 Å². The summed E-state index contributed by atoms with van der Waals surface area (Å²) in [5.41, 5.74) is 9.52. The molecule has 0 atom stereocenters. The van der Waals surface area contributed by atoms with Gasteiger partial charge < -0.3 is 11.1 Å². The smallest absolute Gasteiger partial charge is 0.219 e. The lowest BCUT2D eigenvalue weighted by Gasteiger charge is -2.10. The maximum Gasteiger partial charge on any atom is 0.219 e. The van der Waals surface area contributed by atoms with Gasteiger partial charge in [0, 0.05) is 29.9 Å². The van der Waals surface area contributed by atoms with Gasteiger partial charge in [-0.3, -0.25) is 0 Å². The molecule has 0 aliphatic rings. The van der Waals surface area contributed by atoms with Gasteiger partial charge in [-0.05, 0) is 23.3 Å². The summed E-state index contributed by atoms with van der Waals surface area (Å²) >= 11 is 0. The van der Waals surface area contributed by atoms with Crippen molar-refractivity contribution in [1.29, 1.82) is 0 Å². The van der Waals surface area contributed by atoms with Crippen LogP contribution in [0.5, 0.6) is 0 Å². The third-order valence-corrected chi connectivity index (χ3v) is 3.94. The molecule has 4 aromatic rings. The zero-order valence-corrected chi connectivity index (χ0v) is 13.4. The summed E-state index contributed by atoms with van der Waals surface area (Å²) in [5, 5.41) is 4.34. The van der Waals surface area contributed by atoms with E-state index >= 15 is 0 Å². The number of benzene rings is 2. The number of hydrogen-bond donors (Lipinski definition) is 2. The van der Waals surface area contributed by atoms with E-state index in [0.717, 1.165) is 27.8 Å². The van der Waals surface area contributed by atoms with Gasteiger partial charge in [0.05, 0.1) is 5.52 Å². The number of nitrogens with one attached hydrogen (secondary N) is 1. The van der Waals surface area contributed by atoms with Gasteiger partial charge in [-0.1, -0.05) is 36.4 Å². The fourth-order valence-electron chi connectivity index (χ4n) is 2.65. The van der Waals surface area contributed by atoms with Crippen molar-refractivity contribution in [2.24, 2.45) is 0 Å². The van der Waals surface area contributed by atoms with Crippen LogP contribution < -0.4 is 11.1 Å². The summed E-state index contributed by atoms with van der Waals surface area (Å²) in [6, 6.07) is 16.2. The molecule has 0 aliphatic carbocycles. The molecular formula is C19H16N6. The Morgan fingerprint density at radius 2 is 1.64 bits per heavy atom. The molecule has 0 saturated carbocycles. The highest BCUT2D eigenvalue weighted by atomic mass is 15.0. The molecule has 2 aromatic heterocycles. The Balaban J connectivity index is 1.69. The zero-order chi connectivity index (χ0) is 17.1. The Bertz CT molecular complexity index is 999. The van der Waals surface area contributed by atoms with Crippen LogP contribution in [-0.4, -0.2) is 19.9 Å². The van der Waals surface area contributed by atoms with E-state index in [1.165, 1.54) is 5.56 Å².